The van der Waals surface area contributed by atoms with Crippen molar-refractivity contribution in [1.82, 2.24) is 0 Å². The highest BCUT2D eigenvalue weighted by Gasteiger charge is 2.29. The summed E-state index contributed by atoms with van der Waals surface area (Å²) in [6, 6.07) is 7.81. The number of Topliss-reactive ketones (excluding diaryl/α,β-unsaturated/α-hetero) is 1. The predicted molar refractivity (Wildman–Crippen MR) is 74.4 cm³/mol. The van der Waals surface area contributed by atoms with Crippen molar-refractivity contribution in [3.63, 3.8) is 0 Å². The van der Waals surface area contributed by atoms with E-state index < -0.39 is 0 Å². The van der Waals surface area contributed by atoms with Gasteiger partial charge in [-0.25, -0.2) is 0 Å². The van der Waals surface area contributed by atoms with Gasteiger partial charge in [0.1, 0.15) is 0 Å². The summed E-state index contributed by atoms with van der Waals surface area (Å²) in [4.78, 5) is 12.5. The van der Waals surface area contributed by atoms with Crippen LogP contribution >= 0.6 is 0 Å². The van der Waals surface area contributed by atoms with Crippen molar-refractivity contribution in [2.75, 3.05) is 0 Å². The standard InChI is InChI=1S/C16H23NO/c1-2-13-5-3-4-6-15(13)16(18)14-9-7-12(11-17)8-10-14/h7-10,13,15H,2-6,11,17H2,1H3. The summed E-state index contributed by atoms with van der Waals surface area (Å²) in [5.74, 6) is 1.16. The van der Waals surface area contributed by atoms with Crippen molar-refractivity contribution in [1.29, 1.82) is 0 Å². The van der Waals surface area contributed by atoms with Gasteiger partial charge in [-0.1, -0.05) is 50.5 Å². The number of carbonyl (C=O) groups excluding carboxylic acids is 1. The molecule has 2 heteroatoms. The zero-order valence-electron chi connectivity index (χ0n) is 11.2. The molecule has 1 aromatic carbocycles. The average Bonchev–Trinajstić information content (AvgIpc) is 2.46. The third-order valence-electron chi connectivity index (χ3n) is 4.24. The minimum Gasteiger partial charge on any atom is -0.326 e. The zero-order chi connectivity index (χ0) is 13.0. The van der Waals surface area contributed by atoms with Crippen LogP contribution in [0.15, 0.2) is 24.3 Å². The molecule has 98 valence electrons. The third-order valence-corrected chi connectivity index (χ3v) is 4.24. The van der Waals surface area contributed by atoms with Gasteiger partial charge in [0, 0.05) is 18.0 Å². The predicted octanol–water partition coefficient (Wildman–Crippen LogP) is 3.54. The molecule has 2 N–H and O–H groups in total. The molecule has 0 saturated heterocycles. The fourth-order valence-electron chi connectivity index (χ4n) is 3.06. The Balaban J connectivity index is 2.13. The van der Waals surface area contributed by atoms with Gasteiger partial charge in [-0.05, 0) is 24.3 Å². The Hall–Kier alpha value is -1.15. The van der Waals surface area contributed by atoms with Gasteiger partial charge in [0.25, 0.3) is 0 Å². The second-order valence-corrected chi connectivity index (χ2v) is 5.32. The van der Waals surface area contributed by atoms with E-state index in [0.717, 1.165) is 24.0 Å². The van der Waals surface area contributed by atoms with Crippen molar-refractivity contribution in [2.45, 2.75) is 45.6 Å². The molecule has 2 atom stereocenters. The van der Waals surface area contributed by atoms with Gasteiger partial charge in [0.15, 0.2) is 5.78 Å². The Morgan fingerprint density at radius 3 is 2.50 bits per heavy atom. The number of nitrogens with two attached hydrogens (primary N) is 1. The molecule has 1 aliphatic carbocycles. The smallest absolute Gasteiger partial charge is 0.166 e. The lowest BCUT2D eigenvalue weighted by Crippen LogP contribution is -2.27. The Kier molecular flexibility index (Phi) is 4.54. The molecule has 0 aliphatic heterocycles. The van der Waals surface area contributed by atoms with Crippen molar-refractivity contribution in [3.8, 4) is 0 Å². The van der Waals surface area contributed by atoms with Gasteiger partial charge in [-0.3, -0.25) is 4.79 Å². The van der Waals surface area contributed by atoms with Crippen LogP contribution in [0.1, 0.15) is 54.9 Å². The first-order chi connectivity index (χ1) is 8.76. The van der Waals surface area contributed by atoms with Crippen molar-refractivity contribution < 1.29 is 4.79 Å². The summed E-state index contributed by atoms with van der Waals surface area (Å²) in [5.41, 5.74) is 7.52. The molecule has 0 amide bonds. The summed E-state index contributed by atoms with van der Waals surface area (Å²) in [6.07, 6.45) is 5.89. The van der Waals surface area contributed by atoms with Gasteiger partial charge in [0.2, 0.25) is 0 Å². The minimum atomic E-state index is 0.243. The highest BCUT2D eigenvalue weighted by atomic mass is 16.1. The number of hydrogen-bond acceptors (Lipinski definition) is 2. The largest absolute Gasteiger partial charge is 0.326 e. The molecule has 2 rings (SSSR count). The lowest BCUT2D eigenvalue weighted by molar-refractivity contribution is 0.0820. The molecular formula is C16H23NO. The van der Waals surface area contributed by atoms with E-state index in [1.807, 2.05) is 24.3 Å². The number of benzene rings is 1. The molecule has 1 aromatic rings. The van der Waals surface area contributed by atoms with Crippen molar-refractivity contribution in [3.05, 3.63) is 35.4 Å². The first kappa shape index (κ1) is 13.3. The Morgan fingerprint density at radius 1 is 1.22 bits per heavy atom. The lowest BCUT2D eigenvalue weighted by atomic mass is 9.74. The van der Waals surface area contributed by atoms with E-state index in [1.165, 1.54) is 19.3 Å². The van der Waals surface area contributed by atoms with Crippen molar-refractivity contribution >= 4 is 5.78 Å². The van der Waals surface area contributed by atoms with Gasteiger partial charge in [-0.15, -0.1) is 0 Å². The molecule has 0 heterocycles. The second kappa shape index (κ2) is 6.14. The average molecular weight is 245 g/mol. The molecule has 0 aromatic heterocycles. The number of ketones is 1. The van der Waals surface area contributed by atoms with Crippen LogP contribution in [0.2, 0.25) is 0 Å². The van der Waals surface area contributed by atoms with Crippen LogP contribution < -0.4 is 5.73 Å². The zero-order valence-corrected chi connectivity index (χ0v) is 11.2. The highest BCUT2D eigenvalue weighted by Crippen LogP contribution is 2.34. The molecule has 1 fully saturated rings. The van der Waals surface area contributed by atoms with E-state index in [9.17, 15) is 4.79 Å². The fraction of sp³-hybridized carbons (Fsp3) is 0.562. The summed E-state index contributed by atoms with van der Waals surface area (Å²) in [5, 5.41) is 0. The monoisotopic (exact) mass is 245 g/mol. The highest BCUT2D eigenvalue weighted by molar-refractivity contribution is 5.98. The molecule has 1 saturated carbocycles. The third kappa shape index (κ3) is 2.81. The molecular weight excluding hydrogens is 222 g/mol. The van der Waals surface area contributed by atoms with Crippen LogP contribution in [0.5, 0.6) is 0 Å². The van der Waals surface area contributed by atoms with Gasteiger partial charge >= 0.3 is 0 Å². The molecule has 2 nitrogen and oxygen atoms in total. The van der Waals surface area contributed by atoms with Crippen LogP contribution in [0, 0.1) is 11.8 Å². The Morgan fingerprint density at radius 2 is 1.89 bits per heavy atom. The normalized spacial score (nSPS) is 23.9. The molecule has 0 radical (unpaired) electrons. The summed E-state index contributed by atoms with van der Waals surface area (Å²) >= 11 is 0. The van der Waals surface area contributed by atoms with E-state index in [1.54, 1.807) is 0 Å². The van der Waals surface area contributed by atoms with Crippen LogP contribution in [-0.2, 0) is 6.54 Å². The van der Waals surface area contributed by atoms with Crippen LogP contribution in [-0.4, -0.2) is 5.78 Å². The van der Waals surface area contributed by atoms with E-state index in [2.05, 4.69) is 6.92 Å². The maximum Gasteiger partial charge on any atom is 0.166 e. The summed E-state index contributed by atoms with van der Waals surface area (Å²) < 4.78 is 0. The topological polar surface area (TPSA) is 43.1 Å². The van der Waals surface area contributed by atoms with E-state index >= 15 is 0 Å². The SMILES string of the molecule is CCC1CCCCC1C(=O)c1ccc(CN)cc1. The summed E-state index contributed by atoms with van der Waals surface area (Å²) in [6.45, 7) is 2.74. The number of hydrogen-bond donors (Lipinski definition) is 1. The number of rotatable bonds is 4. The first-order valence-corrected chi connectivity index (χ1v) is 7.09. The van der Waals surface area contributed by atoms with Crippen LogP contribution in [0.4, 0.5) is 0 Å². The van der Waals surface area contributed by atoms with E-state index in [4.69, 9.17) is 5.73 Å². The molecule has 2 unspecified atom stereocenters. The van der Waals surface area contributed by atoms with Gasteiger partial charge < -0.3 is 5.73 Å². The number of carbonyl (C=O) groups is 1. The second-order valence-electron chi connectivity index (χ2n) is 5.32. The Labute approximate surface area is 110 Å². The maximum atomic E-state index is 12.5. The minimum absolute atomic E-state index is 0.243. The molecule has 1 aliphatic rings. The van der Waals surface area contributed by atoms with Crippen LogP contribution in [0.25, 0.3) is 0 Å². The molecule has 0 bridgehead atoms. The summed E-state index contributed by atoms with van der Waals surface area (Å²) in [7, 11) is 0. The van der Waals surface area contributed by atoms with Crippen molar-refractivity contribution in [2.24, 2.45) is 17.6 Å². The fourth-order valence-corrected chi connectivity index (χ4v) is 3.06. The first-order valence-electron chi connectivity index (χ1n) is 7.09. The van der Waals surface area contributed by atoms with Gasteiger partial charge in [0.05, 0.1) is 0 Å². The van der Waals surface area contributed by atoms with Gasteiger partial charge in [-0.2, -0.15) is 0 Å². The molecule has 0 spiro atoms. The lowest BCUT2D eigenvalue weighted by Gasteiger charge is -2.29. The van der Waals surface area contributed by atoms with Crippen LogP contribution in [0.3, 0.4) is 0 Å². The van der Waals surface area contributed by atoms with E-state index in [0.29, 0.717) is 18.2 Å². The van der Waals surface area contributed by atoms with E-state index in [-0.39, 0.29) is 5.92 Å². The maximum absolute atomic E-state index is 12.5. The quantitative estimate of drug-likeness (QED) is 0.824. The Bertz CT molecular complexity index is 396. The molecule has 18 heavy (non-hydrogen) atoms.